The highest BCUT2D eigenvalue weighted by Gasteiger charge is 2.52. The molecule has 74 heavy (non-hydrogen) atoms. The zero-order chi connectivity index (χ0) is 53.9. The molecule has 21 nitrogen and oxygen atoms in total. The fourth-order valence-electron chi connectivity index (χ4n) is 9.78. The maximum absolute atomic E-state index is 13.7. The van der Waals surface area contributed by atoms with Crippen LogP contribution in [0.1, 0.15) is 154 Å². The van der Waals surface area contributed by atoms with Gasteiger partial charge in [-0.15, -0.1) is 0 Å². The molecule has 0 bridgehead atoms. The molecule has 0 amide bonds. The topological polar surface area (TPSA) is 269 Å². The Morgan fingerprint density at radius 3 is 1.12 bits per heavy atom. The lowest BCUT2D eigenvalue weighted by atomic mass is 9.94. The Balaban J connectivity index is 0.000000148. The molecule has 25 heteroatoms. The van der Waals surface area contributed by atoms with Gasteiger partial charge in [0.05, 0.1) is 0 Å². The van der Waals surface area contributed by atoms with E-state index in [9.17, 15) is 60.7 Å². The summed E-state index contributed by atoms with van der Waals surface area (Å²) in [5.74, 6) is 0.154. The Labute approximate surface area is 417 Å². The summed E-state index contributed by atoms with van der Waals surface area (Å²) in [6.45, 7) is 6.60. The molecule has 4 fully saturated rings. The van der Waals surface area contributed by atoms with Crippen LogP contribution < -0.4 is 50.4 Å². The average Bonchev–Trinajstić information content (AvgIpc) is 4.12. The van der Waals surface area contributed by atoms with Gasteiger partial charge in [-0.2, -0.15) is 0 Å². The standard InChI is InChI=1S/C18H23FN4O3.C16H21FN4O3.C15H18F2N4O3/c1-10(19)14-20-12-13(15(24)21-14)23(17(26)22(2)16(12)25)9-3-6-18(7-8-18)11-4-5-11;1-9(17)12-18-10-11(13(22)19-12)21(15(24)20(3)14(10)23)8-4-5-16(2)6-7-16;1-8(16)11-18-9-10(12(22)19-11)21(14(24)20(2)13(9)23)7-3-4-15(17)5-6-15/h10-11H,3-9H2,1-2H3,(H,20,21,24);9H,4-8H2,1-3H3,(H,18,19,22);8H,3-7H2,1-2H3,(H,18,19,22). The lowest BCUT2D eigenvalue weighted by Crippen LogP contribution is -2.41. The Morgan fingerprint density at radius 2 is 0.838 bits per heavy atom. The van der Waals surface area contributed by atoms with Gasteiger partial charge in [-0.3, -0.25) is 56.2 Å². The molecule has 400 valence electrons. The van der Waals surface area contributed by atoms with Crippen LogP contribution in [-0.4, -0.2) is 63.0 Å². The minimum atomic E-state index is -1.56. The molecule has 0 aliphatic heterocycles. The normalized spacial score (nSPS) is 18.0. The van der Waals surface area contributed by atoms with Crippen LogP contribution in [0.2, 0.25) is 0 Å². The van der Waals surface area contributed by atoms with Gasteiger partial charge in [-0.25, -0.2) is 46.9 Å². The molecular weight excluding hydrogens is 977 g/mol. The smallest absolute Gasteiger partial charge is 0.306 e. The lowest BCUT2D eigenvalue weighted by Gasteiger charge is -2.16. The average molecular weight is 1040 g/mol. The van der Waals surface area contributed by atoms with Gasteiger partial charge in [-0.1, -0.05) is 6.92 Å². The van der Waals surface area contributed by atoms with Crippen LogP contribution in [0.3, 0.4) is 0 Å². The van der Waals surface area contributed by atoms with E-state index < -0.39 is 74.6 Å². The minimum absolute atomic E-state index is 0.0567. The van der Waals surface area contributed by atoms with E-state index >= 15 is 0 Å². The molecule has 6 aromatic heterocycles. The Kier molecular flexibility index (Phi) is 14.5. The first-order chi connectivity index (χ1) is 34.8. The summed E-state index contributed by atoms with van der Waals surface area (Å²) < 4.78 is 60.6. The monoisotopic (exact) mass is 1040 g/mol. The van der Waals surface area contributed by atoms with Crippen molar-refractivity contribution < 1.29 is 17.6 Å². The molecule has 0 aromatic carbocycles. The number of H-pyrrole nitrogens is 3. The number of halogens is 4. The molecular formula is C49H62F4N12O9. The van der Waals surface area contributed by atoms with E-state index in [2.05, 4.69) is 36.8 Å². The van der Waals surface area contributed by atoms with E-state index in [-0.39, 0.29) is 63.5 Å². The Bertz CT molecular complexity index is 3590. The van der Waals surface area contributed by atoms with Crippen LogP contribution in [0.15, 0.2) is 43.2 Å². The van der Waals surface area contributed by atoms with E-state index in [4.69, 9.17) is 0 Å². The van der Waals surface area contributed by atoms with Crippen molar-refractivity contribution in [2.24, 2.45) is 37.9 Å². The summed E-state index contributed by atoms with van der Waals surface area (Å²) in [4.78, 5) is 130. The highest BCUT2D eigenvalue weighted by molar-refractivity contribution is 5.73. The van der Waals surface area contributed by atoms with Gasteiger partial charge in [0.25, 0.3) is 33.4 Å². The van der Waals surface area contributed by atoms with Crippen LogP contribution in [0, 0.1) is 16.7 Å². The van der Waals surface area contributed by atoms with Gasteiger partial charge in [0, 0.05) is 40.8 Å². The number of nitrogens with zero attached hydrogens (tertiary/aromatic N) is 9. The van der Waals surface area contributed by atoms with Crippen molar-refractivity contribution in [3.05, 3.63) is 111 Å². The molecule has 3 unspecified atom stereocenters. The van der Waals surface area contributed by atoms with Gasteiger partial charge < -0.3 is 15.0 Å². The molecule has 4 aliphatic carbocycles. The van der Waals surface area contributed by atoms with Crippen LogP contribution in [0.5, 0.6) is 0 Å². The number of nitrogens with one attached hydrogen (secondary N) is 3. The molecule has 3 N–H and O–H groups in total. The van der Waals surface area contributed by atoms with Crippen LogP contribution in [-0.2, 0) is 40.8 Å². The number of alkyl halides is 4. The van der Waals surface area contributed by atoms with Gasteiger partial charge in [-0.05, 0) is 127 Å². The van der Waals surface area contributed by atoms with Crippen molar-refractivity contribution in [3.8, 4) is 0 Å². The second kappa shape index (κ2) is 20.1. The number of fused-ring (bicyclic) bond motifs is 3. The summed E-state index contributed by atoms with van der Waals surface area (Å²) in [7, 11) is 3.96. The Hall–Kier alpha value is -6.82. The first-order valence-electron chi connectivity index (χ1n) is 25.1. The number of hydrogen-bond donors (Lipinski definition) is 3. The van der Waals surface area contributed by atoms with Crippen LogP contribution in [0.25, 0.3) is 33.1 Å². The summed E-state index contributed by atoms with van der Waals surface area (Å²) in [6, 6.07) is 0. The third-order valence-electron chi connectivity index (χ3n) is 15.2. The van der Waals surface area contributed by atoms with Crippen molar-refractivity contribution in [1.82, 2.24) is 57.3 Å². The minimum Gasteiger partial charge on any atom is -0.306 e. The van der Waals surface area contributed by atoms with Crippen LogP contribution >= 0.6 is 0 Å². The van der Waals surface area contributed by atoms with E-state index in [1.807, 2.05) is 0 Å². The van der Waals surface area contributed by atoms with Crippen molar-refractivity contribution in [2.75, 3.05) is 0 Å². The lowest BCUT2D eigenvalue weighted by molar-refractivity contribution is 0.278. The molecule has 0 saturated heterocycles. The number of aromatic nitrogens is 12. The number of rotatable bonds is 16. The largest absolute Gasteiger partial charge is 0.331 e. The summed E-state index contributed by atoms with van der Waals surface area (Å²) in [5, 5.41) is 0. The maximum atomic E-state index is 13.7. The van der Waals surface area contributed by atoms with Crippen molar-refractivity contribution >= 4 is 33.1 Å². The van der Waals surface area contributed by atoms with E-state index in [1.165, 1.54) is 89.6 Å². The van der Waals surface area contributed by atoms with Gasteiger partial charge in [0.15, 0.2) is 35.1 Å². The van der Waals surface area contributed by atoms with Gasteiger partial charge in [0.2, 0.25) is 0 Å². The predicted octanol–water partition coefficient (Wildman–Crippen LogP) is 4.28. The highest BCUT2D eigenvalue weighted by Crippen LogP contribution is 2.63. The zero-order valence-corrected chi connectivity index (χ0v) is 42.5. The molecule has 6 heterocycles. The van der Waals surface area contributed by atoms with E-state index in [0.717, 1.165) is 49.9 Å². The number of aromatic amines is 3. The fourth-order valence-corrected chi connectivity index (χ4v) is 9.78. The van der Waals surface area contributed by atoms with E-state index in [1.54, 1.807) is 0 Å². The third kappa shape index (κ3) is 10.7. The van der Waals surface area contributed by atoms with Crippen molar-refractivity contribution in [1.29, 1.82) is 0 Å². The third-order valence-corrected chi connectivity index (χ3v) is 15.2. The predicted molar refractivity (Wildman–Crippen MR) is 267 cm³/mol. The maximum Gasteiger partial charge on any atom is 0.331 e. The molecule has 0 radical (unpaired) electrons. The van der Waals surface area contributed by atoms with Crippen molar-refractivity contribution in [2.45, 2.75) is 161 Å². The first kappa shape index (κ1) is 53.5. The summed E-state index contributed by atoms with van der Waals surface area (Å²) in [5.41, 5.74) is -7.25. The second-order valence-electron chi connectivity index (χ2n) is 21.1. The molecule has 6 aromatic rings. The fraction of sp³-hybridized carbons (Fsp3) is 0.633. The number of hydrogen-bond acceptors (Lipinski definition) is 12. The van der Waals surface area contributed by atoms with Gasteiger partial charge >= 0.3 is 17.1 Å². The first-order valence-corrected chi connectivity index (χ1v) is 25.1. The van der Waals surface area contributed by atoms with Crippen LogP contribution in [0.4, 0.5) is 17.6 Å². The molecule has 4 saturated carbocycles. The zero-order valence-electron chi connectivity index (χ0n) is 42.5. The molecule has 0 spiro atoms. The van der Waals surface area contributed by atoms with Crippen molar-refractivity contribution in [3.63, 3.8) is 0 Å². The number of aryl methyl sites for hydroxylation is 3. The van der Waals surface area contributed by atoms with Gasteiger partial charge in [0.1, 0.15) is 39.7 Å². The molecule has 4 aliphatic rings. The molecule has 3 atom stereocenters. The SMILES string of the molecule is CC(F)c1nc2c(=O)n(C)c(=O)n(CCCC3(C)CC3)c2c(=O)[nH]1.CC(F)c1nc2c(=O)n(C)c(=O)n(CCCC3(C4CC4)CC3)c2c(=O)[nH]1.CC(F)c1nc2c(=O)n(C)c(=O)n(CCCC3(F)CC3)c2c(=O)[nH]1. The summed E-state index contributed by atoms with van der Waals surface area (Å²) in [6.07, 6.45) is 8.01. The quantitative estimate of drug-likeness (QED) is 0.115. The highest BCUT2D eigenvalue weighted by atomic mass is 19.2. The Morgan fingerprint density at radius 1 is 0.514 bits per heavy atom. The molecule has 10 rings (SSSR count). The second-order valence-corrected chi connectivity index (χ2v) is 21.1. The summed E-state index contributed by atoms with van der Waals surface area (Å²) >= 11 is 0. The van der Waals surface area contributed by atoms with E-state index in [0.29, 0.717) is 43.2 Å².